The first kappa shape index (κ1) is 18.8. The summed E-state index contributed by atoms with van der Waals surface area (Å²) < 4.78 is 5.51. The Bertz CT molecular complexity index is 845. The van der Waals surface area contributed by atoms with Crippen LogP contribution in [0.25, 0.3) is 0 Å². The number of ether oxygens (including phenoxy) is 1. The number of benzene rings is 1. The Morgan fingerprint density at radius 2 is 1.90 bits per heavy atom. The molecule has 0 atom stereocenters. The van der Waals surface area contributed by atoms with E-state index in [0.717, 1.165) is 70.0 Å². The van der Waals surface area contributed by atoms with Crippen molar-refractivity contribution in [1.29, 1.82) is 0 Å². The highest BCUT2D eigenvalue weighted by Gasteiger charge is 2.29. The zero-order valence-electron chi connectivity index (χ0n) is 17.4. The molecular weight excluding hydrogens is 362 g/mol. The number of piperazine rings is 1. The van der Waals surface area contributed by atoms with Crippen LogP contribution in [-0.4, -0.2) is 65.6 Å². The molecule has 5 rings (SSSR count). The van der Waals surface area contributed by atoms with Crippen molar-refractivity contribution in [2.75, 3.05) is 44.7 Å². The third-order valence-corrected chi connectivity index (χ3v) is 6.77. The average molecular weight is 394 g/mol. The van der Waals surface area contributed by atoms with Crippen molar-refractivity contribution >= 4 is 5.95 Å². The van der Waals surface area contributed by atoms with Crippen LogP contribution in [0.15, 0.2) is 30.5 Å². The van der Waals surface area contributed by atoms with Gasteiger partial charge in [0.1, 0.15) is 5.75 Å². The Morgan fingerprint density at radius 3 is 2.66 bits per heavy atom. The van der Waals surface area contributed by atoms with E-state index in [-0.39, 0.29) is 0 Å². The molecule has 1 saturated carbocycles. The van der Waals surface area contributed by atoms with E-state index < -0.39 is 0 Å². The van der Waals surface area contributed by atoms with E-state index in [0.29, 0.717) is 0 Å². The van der Waals surface area contributed by atoms with Gasteiger partial charge in [0, 0.05) is 75.6 Å². The van der Waals surface area contributed by atoms with Crippen LogP contribution in [0, 0.1) is 0 Å². The van der Waals surface area contributed by atoms with Crippen LogP contribution < -0.4 is 9.64 Å². The van der Waals surface area contributed by atoms with E-state index in [4.69, 9.17) is 14.7 Å². The van der Waals surface area contributed by atoms with Gasteiger partial charge in [-0.15, -0.1) is 0 Å². The minimum atomic E-state index is 0.843. The number of hydrogen-bond acceptors (Lipinski definition) is 6. The van der Waals surface area contributed by atoms with E-state index in [1.807, 2.05) is 12.1 Å². The van der Waals surface area contributed by atoms with Crippen molar-refractivity contribution in [3.05, 3.63) is 47.3 Å². The number of nitrogens with zero attached hydrogens (tertiary/aromatic N) is 5. The Kier molecular flexibility index (Phi) is 5.38. The first-order valence-corrected chi connectivity index (χ1v) is 11.0. The van der Waals surface area contributed by atoms with Gasteiger partial charge in [-0.25, -0.2) is 9.97 Å². The lowest BCUT2D eigenvalue weighted by molar-refractivity contribution is 0.120. The number of aromatic nitrogens is 2. The molecule has 3 heterocycles. The molecule has 1 aromatic heterocycles. The number of anilines is 1. The minimum absolute atomic E-state index is 0.843. The van der Waals surface area contributed by atoms with Crippen molar-refractivity contribution in [2.45, 2.75) is 44.8 Å². The summed E-state index contributed by atoms with van der Waals surface area (Å²) in [6.07, 6.45) is 7.24. The molecule has 1 aromatic carbocycles. The van der Waals surface area contributed by atoms with Gasteiger partial charge in [-0.1, -0.05) is 24.6 Å². The normalized spacial score (nSPS) is 20.9. The minimum Gasteiger partial charge on any atom is -0.496 e. The molecule has 29 heavy (non-hydrogen) atoms. The van der Waals surface area contributed by atoms with Crippen LogP contribution >= 0.6 is 0 Å². The summed E-state index contributed by atoms with van der Waals surface area (Å²) in [6, 6.07) is 9.13. The Morgan fingerprint density at radius 1 is 1.07 bits per heavy atom. The largest absolute Gasteiger partial charge is 0.496 e. The number of fused-ring (bicyclic) bond motifs is 1. The molecule has 3 aliphatic rings. The lowest BCUT2D eigenvalue weighted by atomic mass is 9.91. The number of hydrogen-bond donors (Lipinski definition) is 0. The van der Waals surface area contributed by atoms with Crippen LogP contribution in [0.4, 0.5) is 5.95 Å². The maximum absolute atomic E-state index is 5.51. The predicted molar refractivity (Wildman–Crippen MR) is 114 cm³/mol. The Labute approximate surface area is 173 Å². The van der Waals surface area contributed by atoms with E-state index in [9.17, 15) is 0 Å². The lowest BCUT2D eigenvalue weighted by Gasteiger charge is -2.43. The summed E-state index contributed by atoms with van der Waals surface area (Å²) in [6.45, 7) is 7.23. The summed E-state index contributed by atoms with van der Waals surface area (Å²) in [5.74, 6) is 1.89. The highest BCUT2D eigenvalue weighted by molar-refractivity contribution is 5.36. The molecule has 6 nitrogen and oxygen atoms in total. The van der Waals surface area contributed by atoms with Crippen molar-refractivity contribution in [2.24, 2.45) is 0 Å². The quantitative estimate of drug-likeness (QED) is 0.778. The third kappa shape index (κ3) is 3.96. The molecule has 0 amide bonds. The number of rotatable bonds is 5. The van der Waals surface area contributed by atoms with E-state index >= 15 is 0 Å². The fourth-order valence-corrected chi connectivity index (χ4v) is 4.76. The topological polar surface area (TPSA) is 44.7 Å². The molecule has 2 fully saturated rings. The second-order valence-corrected chi connectivity index (χ2v) is 8.52. The molecule has 0 N–H and O–H groups in total. The van der Waals surface area contributed by atoms with Crippen molar-refractivity contribution in [1.82, 2.24) is 19.8 Å². The zero-order valence-corrected chi connectivity index (χ0v) is 17.4. The predicted octanol–water partition coefficient (Wildman–Crippen LogP) is 2.72. The Hall–Kier alpha value is -2.18. The molecule has 154 valence electrons. The van der Waals surface area contributed by atoms with Gasteiger partial charge in [0.05, 0.1) is 12.8 Å². The molecule has 0 unspecified atom stereocenters. The molecule has 6 heteroatoms. The molecule has 0 spiro atoms. The van der Waals surface area contributed by atoms with E-state index in [1.54, 1.807) is 7.11 Å². The van der Waals surface area contributed by atoms with Gasteiger partial charge in [0.2, 0.25) is 5.95 Å². The fraction of sp³-hybridized carbons (Fsp3) is 0.565. The summed E-state index contributed by atoms with van der Waals surface area (Å²) in [5.41, 5.74) is 3.73. The Balaban J connectivity index is 1.22. The standard InChI is InChI=1S/C23H31N5O/c1-29-22-8-3-2-5-18(22)16-26-10-9-21-19(17-26)15-24-23(25-21)28-13-11-27(12-14-28)20-6-4-7-20/h2-3,5,8,15,20H,4,6-7,9-14,16-17H2,1H3. The van der Waals surface area contributed by atoms with E-state index in [1.165, 1.54) is 36.1 Å². The van der Waals surface area contributed by atoms with Crippen LogP contribution in [0.2, 0.25) is 0 Å². The highest BCUT2D eigenvalue weighted by Crippen LogP contribution is 2.27. The molecule has 1 saturated heterocycles. The maximum atomic E-state index is 5.51. The monoisotopic (exact) mass is 393 g/mol. The highest BCUT2D eigenvalue weighted by atomic mass is 16.5. The second kappa shape index (κ2) is 8.28. The third-order valence-electron chi connectivity index (χ3n) is 6.77. The average Bonchev–Trinajstić information content (AvgIpc) is 2.73. The van der Waals surface area contributed by atoms with E-state index in [2.05, 4.69) is 33.0 Å². The first-order chi connectivity index (χ1) is 14.3. The van der Waals surface area contributed by atoms with Gasteiger partial charge < -0.3 is 9.64 Å². The molecule has 0 bridgehead atoms. The second-order valence-electron chi connectivity index (χ2n) is 8.52. The summed E-state index contributed by atoms with van der Waals surface area (Å²) in [5, 5.41) is 0. The van der Waals surface area contributed by atoms with Crippen LogP contribution in [-0.2, 0) is 19.5 Å². The number of para-hydroxylation sites is 1. The van der Waals surface area contributed by atoms with Gasteiger partial charge in [0.25, 0.3) is 0 Å². The number of methoxy groups -OCH3 is 1. The first-order valence-electron chi connectivity index (χ1n) is 11.0. The van der Waals surface area contributed by atoms with Crippen molar-refractivity contribution in [3.8, 4) is 5.75 Å². The van der Waals surface area contributed by atoms with Gasteiger partial charge in [-0.2, -0.15) is 0 Å². The molecule has 2 aliphatic heterocycles. The maximum Gasteiger partial charge on any atom is 0.225 e. The van der Waals surface area contributed by atoms with Gasteiger partial charge in [-0.05, 0) is 18.9 Å². The lowest BCUT2D eigenvalue weighted by Crippen LogP contribution is -2.52. The van der Waals surface area contributed by atoms with Crippen molar-refractivity contribution in [3.63, 3.8) is 0 Å². The van der Waals surface area contributed by atoms with Gasteiger partial charge in [0.15, 0.2) is 0 Å². The molecule has 0 radical (unpaired) electrons. The zero-order chi connectivity index (χ0) is 19.6. The van der Waals surface area contributed by atoms with Gasteiger partial charge >= 0.3 is 0 Å². The smallest absolute Gasteiger partial charge is 0.225 e. The molecule has 1 aliphatic carbocycles. The van der Waals surface area contributed by atoms with Crippen LogP contribution in [0.1, 0.15) is 36.1 Å². The molecule has 2 aromatic rings. The van der Waals surface area contributed by atoms with Gasteiger partial charge in [-0.3, -0.25) is 9.80 Å². The SMILES string of the molecule is COc1ccccc1CN1CCc2nc(N3CCN(C4CCC4)CC3)ncc2C1. The van der Waals surface area contributed by atoms with Crippen LogP contribution in [0.5, 0.6) is 5.75 Å². The molecular formula is C23H31N5O. The van der Waals surface area contributed by atoms with Crippen molar-refractivity contribution < 1.29 is 4.74 Å². The summed E-state index contributed by atoms with van der Waals surface area (Å²) in [7, 11) is 1.74. The fourth-order valence-electron chi connectivity index (χ4n) is 4.76. The summed E-state index contributed by atoms with van der Waals surface area (Å²) >= 11 is 0. The summed E-state index contributed by atoms with van der Waals surface area (Å²) in [4.78, 5) is 17.2. The van der Waals surface area contributed by atoms with Crippen LogP contribution in [0.3, 0.4) is 0 Å².